The van der Waals surface area contributed by atoms with Crippen molar-refractivity contribution in [2.45, 2.75) is 6.92 Å². The first-order valence-corrected chi connectivity index (χ1v) is 7.86. The van der Waals surface area contributed by atoms with Gasteiger partial charge in [-0.3, -0.25) is 10.1 Å². The molecule has 0 aliphatic carbocycles. The predicted molar refractivity (Wildman–Crippen MR) is 97.7 cm³/mol. The molecular weight excluding hydrogens is 312 g/mol. The smallest absolute Gasteiger partial charge is 0.250 e. The lowest BCUT2D eigenvalue weighted by Crippen LogP contribution is -2.07. The number of amides is 1. The molecule has 0 atom stereocenters. The Balaban J connectivity index is 2.22. The third-order valence-corrected chi connectivity index (χ3v) is 3.67. The van der Waals surface area contributed by atoms with Crippen LogP contribution in [0.4, 0.5) is 5.88 Å². The van der Waals surface area contributed by atoms with E-state index in [1.165, 1.54) is 6.08 Å². The largest absolute Gasteiger partial charge is 0.438 e. The molecule has 0 aliphatic rings. The quantitative estimate of drug-likeness (QED) is 0.685. The number of furan rings is 1. The number of nitrogens with one attached hydrogen (secondary N) is 1. The van der Waals surface area contributed by atoms with E-state index >= 15 is 0 Å². The first-order valence-electron chi connectivity index (χ1n) is 7.86. The molecule has 4 heteroatoms. The van der Waals surface area contributed by atoms with E-state index in [9.17, 15) is 10.1 Å². The molecule has 3 rings (SSSR count). The van der Waals surface area contributed by atoms with E-state index in [1.807, 2.05) is 60.7 Å². The monoisotopic (exact) mass is 328 g/mol. The van der Waals surface area contributed by atoms with Crippen molar-refractivity contribution >= 4 is 11.8 Å². The van der Waals surface area contributed by atoms with E-state index in [0.29, 0.717) is 16.9 Å². The highest BCUT2D eigenvalue weighted by molar-refractivity contribution is 6.01. The third kappa shape index (κ3) is 3.36. The van der Waals surface area contributed by atoms with Crippen LogP contribution >= 0.6 is 0 Å². The fraction of sp³-hybridized carbons (Fsp3) is 0.0476. The molecule has 0 radical (unpaired) electrons. The summed E-state index contributed by atoms with van der Waals surface area (Å²) in [5, 5.41) is 12.3. The number of allylic oxidation sites excluding steroid dienone is 1. The minimum Gasteiger partial charge on any atom is -0.438 e. The summed E-state index contributed by atoms with van der Waals surface area (Å²) in [7, 11) is 0. The van der Waals surface area contributed by atoms with Gasteiger partial charge in [-0.25, -0.2) is 0 Å². The van der Waals surface area contributed by atoms with Gasteiger partial charge in [-0.15, -0.1) is 0 Å². The van der Waals surface area contributed by atoms with Crippen molar-refractivity contribution in [1.82, 2.24) is 0 Å². The molecule has 1 aromatic heterocycles. The van der Waals surface area contributed by atoms with Crippen LogP contribution in [-0.4, -0.2) is 5.91 Å². The van der Waals surface area contributed by atoms with Crippen LogP contribution < -0.4 is 5.32 Å². The normalized spacial score (nSPS) is 10.6. The molecule has 0 saturated heterocycles. The number of carbonyl (C=O) groups excluding carboxylic acids is 1. The Labute approximate surface area is 146 Å². The highest BCUT2D eigenvalue weighted by Crippen LogP contribution is 2.41. The van der Waals surface area contributed by atoms with E-state index in [2.05, 4.69) is 11.4 Å². The third-order valence-electron chi connectivity index (χ3n) is 3.67. The molecule has 0 saturated carbocycles. The van der Waals surface area contributed by atoms with Crippen LogP contribution in [0.5, 0.6) is 0 Å². The van der Waals surface area contributed by atoms with Crippen molar-refractivity contribution in [1.29, 1.82) is 5.26 Å². The number of benzene rings is 2. The predicted octanol–water partition coefficient (Wildman–Crippen LogP) is 5.00. The summed E-state index contributed by atoms with van der Waals surface area (Å²) in [5.41, 5.74) is 2.67. The molecule has 1 amide bonds. The topological polar surface area (TPSA) is 66.0 Å². The lowest BCUT2D eigenvalue weighted by Gasteiger charge is -2.03. The zero-order chi connectivity index (χ0) is 17.6. The fourth-order valence-electron chi connectivity index (χ4n) is 2.60. The fourth-order valence-corrected chi connectivity index (χ4v) is 2.60. The lowest BCUT2D eigenvalue weighted by molar-refractivity contribution is -0.112. The summed E-state index contributed by atoms with van der Waals surface area (Å²) in [4.78, 5) is 11.9. The number of hydrogen-bond donors (Lipinski definition) is 1. The maximum absolute atomic E-state index is 11.9. The Bertz CT molecular complexity index is 949. The Hall–Kier alpha value is -3.58. The van der Waals surface area contributed by atoms with Gasteiger partial charge in [0.15, 0.2) is 0 Å². The second-order valence-electron chi connectivity index (χ2n) is 5.34. The molecule has 1 N–H and O–H groups in total. The summed E-state index contributed by atoms with van der Waals surface area (Å²) in [6.07, 6.45) is 3.01. The minimum atomic E-state index is -0.341. The molecule has 3 aromatic rings. The average molecular weight is 328 g/mol. The Morgan fingerprint density at radius 1 is 1.04 bits per heavy atom. The molecular formula is C21H16N2O2. The number of anilines is 1. The molecule has 0 fully saturated rings. The van der Waals surface area contributed by atoms with Crippen molar-refractivity contribution < 1.29 is 9.21 Å². The molecule has 0 aliphatic heterocycles. The summed E-state index contributed by atoms with van der Waals surface area (Å²) < 4.78 is 5.91. The molecule has 122 valence electrons. The van der Waals surface area contributed by atoms with Crippen LogP contribution in [0.3, 0.4) is 0 Å². The lowest BCUT2D eigenvalue weighted by atomic mass is 9.98. The van der Waals surface area contributed by atoms with Crippen molar-refractivity contribution in [3.05, 3.63) is 78.4 Å². The number of rotatable bonds is 4. The van der Waals surface area contributed by atoms with Crippen LogP contribution in [0, 0.1) is 11.3 Å². The molecule has 25 heavy (non-hydrogen) atoms. The SMILES string of the molecule is C/C=C/C(=O)Nc1oc(-c2ccccc2)c(-c2ccccc2)c1C#N. The number of nitrogens with zero attached hydrogens (tertiary/aromatic N) is 1. The standard InChI is InChI=1S/C21H16N2O2/c1-2-9-18(24)23-21-17(14-22)19(15-10-5-3-6-11-15)20(25-21)16-12-7-4-8-13-16/h2-13H,1H3,(H,23,24)/b9-2+. The van der Waals surface area contributed by atoms with Gasteiger partial charge in [-0.2, -0.15) is 5.26 Å². The first-order chi connectivity index (χ1) is 12.2. The minimum absolute atomic E-state index is 0.156. The number of hydrogen-bond acceptors (Lipinski definition) is 3. The second-order valence-corrected chi connectivity index (χ2v) is 5.34. The number of carbonyl (C=O) groups is 1. The summed E-state index contributed by atoms with van der Waals surface area (Å²) in [6.45, 7) is 1.75. The van der Waals surface area contributed by atoms with Crippen LogP contribution in [0.15, 0.2) is 77.2 Å². The summed E-state index contributed by atoms with van der Waals surface area (Å²) in [6, 6.07) is 21.2. The maximum atomic E-state index is 11.9. The molecule has 4 nitrogen and oxygen atoms in total. The molecule has 0 spiro atoms. The molecule has 2 aromatic carbocycles. The highest BCUT2D eigenvalue weighted by atomic mass is 16.4. The first kappa shape index (κ1) is 16.3. The van der Waals surface area contributed by atoms with Crippen molar-refractivity contribution in [2.24, 2.45) is 0 Å². The van der Waals surface area contributed by atoms with E-state index in [-0.39, 0.29) is 11.8 Å². The molecule has 0 bridgehead atoms. The van der Waals surface area contributed by atoms with Crippen molar-refractivity contribution in [3.8, 4) is 28.5 Å². The Morgan fingerprint density at radius 3 is 2.20 bits per heavy atom. The van der Waals surface area contributed by atoms with Gasteiger partial charge in [0, 0.05) is 11.1 Å². The van der Waals surface area contributed by atoms with E-state index < -0.39 is 0 Å². The summed E-state index contributed by atoms with van der Waals surface area (Å²) >= 11 is 0. The van der Waals surface area contributed by atoms with Gasteiger partial charge in [0.1, 0.15) is 17.4 Å². The van der Waals surface area contributed by atoms with E-state index in [4.69, 9.17) is 4.42 Å². The summed E-state index contributed by atoms with van der Waals surface area (Å²) in [5.74, 6) is 0.370. The van der Waals surface area contributed by atoms with Crippen molar-refractivity contribution in [3.63, 3.8) is 0 Å². The van der Waals surface area contributed by atoms with Gasteiger partial charge in [-0.05, 0) is 18.6 Å². The average Bonchev–Trinajstić information content (AvgIpc) is 3.01. The zero-order valence-electron chi connectivity index (χ0n) is 13.7. The molecule has 1 heterocycles. The van der Waals surface area contributed by atoms with E-state index in [1.54, 1.807) is 13.0 Å². The van der Waals surface area contributed by atoms with Gasteiger partial charge in [-0.1, -0.05) is 66.7 Å². The zero-order valence-corrected chi connectivity index (χ0v) is 13.7. The Morgan fingerprint density at radius 2 is 1.64 bits per heavy atom. The van der Waals surface area contributed by atoms with Gasteiger partial charge in [0.05, 0.1) is 0 Å². The number of nitriles is 1. The van der Waals surface area contributed by atoms with Crippen LogP contribution in [-0.2, 0) is 4.79 Å². The van der Waals surface area contributed by atoms with Gasteiger partial charge in [0.2, 0.25) is 11.8 Å². The van der Waals surface area contributed by atoms with Crippen molar-refractivity contribution in [2.75, 3.05) is 5.32 Å². The van der Waals surface area contributed by atoms with Gasteiger partial charge >= 0.3 is 0 Å². The maximum Gasteiger partial charge on any atom is 0.250 e. The van der Waals surface area contributed by atoms with Crippen LogP contribution in [0.2, 0.25) is 0 Å². The van der Waals surface area contributed by atoms with Gasteiger partial charge in [0.25, 0.3) is 0 Å². The Kier molecular flexibility index (Phi) is 4.77. The molecule has 0 unspecified atom stereocenters. The highest BCUT2D eigenvalue weighted by Gasteiger charge is 2.23. The van der Waals surface area contributed by atoms with Crippen LogP contribution in [0.25, 0.3) is 22.5 Å². The second kappa shape index (κ2) is 7.33. The van der Waals surface area contributed by atoms with Crippen LogP contribution in [0.1, 0.15) is 12.5 Å². The van der Waals surface area contributed by atoms with E-state index in [0.717, 1.165) is 11.1 Å². The van der Waals surface area contributed by atoms with Gasteiger partial charge < -0.3 is 4.42 Å².